The molecule has 148 valence electrons. The molecule has 29 heavy (non-hydrogen) atoms. The molecule has 1 atom stereocenters. The Hall–Kier alpha value is -2.80. The summed E-state index contributed by atoms with van der Waals surface area (Å²) in [7, 11) is 0. The molecule has 2 aliphatic rings. The normalized spacial score (nSPS) is 18.7. The van der Waals surface area contributed by atoms with E-state index >= 15 is 0 Å². The number of nitrogens with zero attached hydrogens (tertiary/aromatic N) is 3. The minimum absolute atomic E-state index is 0.236. The van der Waals surface area contributed by atoms with Gasteiger partial charge in [-0.05, 0) is 43.4 Å². The number of carboxylic acids is 1. The van der Waals surface area contributed by atoms with Crippen molar-refractivity contribution in [3.63, 3.8) is 0 Å². The Morgan fingerprint density at radius 2 is 1.86 bits per heavy atom. The van der Waals surface area contributed by atoms with Crippen molar-refractivity contribution < 1.29 is 14.7 Å². The Morgan fingerprint density at radius 1 is 1.14 bits per heavy atom. The fraction of sp³-hybridized carbons (Fsp3) is 0.364. The Morgan fingerprint density at radius 3 is 2.55 bits per heavy atom. The Bertz CT molecular complexity index is 1170. The molecule has 0 saturated heterocycles. The minimum Gasteiger partial charge on any atom is -0.480 e. The van der Waals surface area contributed by atoms with Crippen LogP contribution >= 0.6 is 11.3 Å². The van der Waals surface area contributed by atoms with Gasteiger partial charge in [-0.1, -0.05) is 24.3 Å². The number of hydrogen-bond acceptors (Lipinski definition) is 5. The first kappa shape index (κ1) is 18.2. The van der Waals surface area contributed by atoms with Gasteiger partial charge in [-0.2, -0.15) is 0 Å². The zero-order valence-electron chi connectivity index (χ0n) is 16.3. The van der Waals surface area contributed by atoms with Gasteiger partial charge in [-0.15, -0.1) is 11.3 Å². The van der Waals surface area contributed by atoms with Gasteiger partial charge in [-0.3, -0.25) is 4.79 Å². The fourth-order valence-electron chi connectivity index (χ4n) is 4.18. The van der Waals surface area contributed by atoms with Gasteiger partial charge in [0, 0.05) is 24.3 Å². The molecular weight excluding hydrogens is 386 g/mol. The predicted molar refractivity (Wildman–Crippen MR) is 110 cm³/mol. The molecule has 6 nitrogen and oxygen atoms in total. The second-order valence-electron chi connectivity index (χ2n) is 7.94. The van der Waals surface area contributed by atoms with E-state index in [-0.39, 0.29) is 5.91 Å². The number of carbonyl (C=O) groups is 2. The fourth-order valence-corrected chi connectivity index (χ4v) is 5.37. The van der Waals surface area contributed by atoms with Gasteiger partial charge in [0.1, 0.15) is 16.7 Å². The number of benzene rings is 1. The third-order valence-corrected chi connectivity index (χ3v) is 7.09. The van der Waals surface area contributed by atoms with Gasteiger partial charge >= 0.3 is 5.97 Å². The number of aromatic nitrogens is 2. The molecule has 1 aromatic carbocycles. The van der Waals surface area contributed by atoms with E-state index in [2.05, 4.69) is 4.98 Å². The molecule has 1 N–H and O–H groups in total. The number of hydrogen-bond donors (Lipinski definition) is 1. The first-order chi connectivity index (χ1) is 13.9. The van der Waals surface area contributed by atoms with E-state index in [1.807, 2.05) is 38.1 Å². The van der Waals surface area contributed by atoms with Crippen molar-refractivity contribution in [2.24, 2.45) is 0 Å². The molecule has 1 amide bonds. The molecule has 1 saturated carbocycles. The van der Waals surface area contributed by atoms with Crippen molar-refractivity contribution in [1.29, 1.82) is 0 Å². The van der Waals surface area contributed by atoms with Crippen molar-refractivity contribution >= 4 is 33.4 Å². The van der Waals surface area contributed by atoms with Crippen LogP contribution in [0.15, 0.2) is 24.3 Å². The number of amides is 1. The summed E-state index contributed by atoms with van der Waals surface area (Å²) in [4.78, 5) is 37.7. The van der Waals surface area contributed by atoms with E-state index < -0.39 is 12.0 Å². The van der Waals surface area contributed by atoms with E-state index in [1.165, 1.54) is 16.2 Å². The lowest BCUT2D eigenvalue weighted by Crippen LogP contribution is -2.48. The summed E-state index contributed by atoms with van der Waals surface area (Å²) in [5.74, 6) is 0.0959. The second kappa shape index (κ2) is 6.62. The maximum atomic E-state index is 13.5. The van der Waals surface area contributed by atoms with Crippen LogP contribution in [0.2, 0.25) is 0 Å². The quantitative estimate of drug-likeness (QED) is 0.713. The third-order valence-electron chi connectivity index (χ3n) is 5.92. The maximum absolute atomic E-state index is 13.5. The summed E-state index contributed by atoms with van der Waals surface area (Å²) >= 11 is 1.36. The van der Waals surface area contributed by atoms with Crippen LogP contribution in [0.1, 0.15) is 56.6 Å². The highest BCUT2D eigenvalue weighted by molar-refractivity contribution is 7.20. The molecular formula is C22H21N3O3S. The van der Waals surface area contributed by atoms with E-state index in [1.54, 1.807) is 0 Å². The molecule has 7 heteroatoms. The van der Waals surface area contributed by atoms with Crippen molar-refractivity contribution in [1.82, 2.24) is 14.9 Å². The molecule has 5 rings (SSSR count). The van der Waals surface area contributed by atoms with Crippen LogP contribution in [0.5, 0.6) is 0 Å². The number of carbonyl (C=O) groups excluding carboxylic acids is 1. The maximum Gasteiger partial charge on any atom is 0.326 e. The topological polar surface area (TPSA) is 83.4 Å². The Kier molecular flexibility index (Phi) is 4.17. The van der Waals surface area contributed by atoms with Crippen molar-refractivity contribution in [2.75, 3.05) is 0 Å². The van der Waals surface area contributed by atoms with Gasteiger partial charge < -0.3 is 10.0 Å². The van der Waals surface area contributed by atoms with Gasteiger partial charge in [0.05, 0.1) is 10.6 Å². The Balaban J connectivity index is 1.57. The zero-order chi connectivity index (χ0) is 20.3. The van der Waals surface area contributed by atoms with Crippen LogP contribution < -0.4 is 0 Å². The summed E-state index contributed by atoms with van der Waals surface area (Å²) in [6.07, 6.45) is 2.56. The molecule has 1 unspecified atom stereocenters. The number of rotatable bonds is 3. The highest BCUT2D eigenvalue weighted by Crippen LogP contribution is 2.41. The molecule has 0 spiro atoms. The van der Waals surface area contributed by atoms with Crippen LogP contribution in [0.3, 0.4) is 0 Å². The molecule has 1 fully saturated rings. The lowest BCUT2D eigenvalue weighted by Gasteiger charge is -2.34. The van der Waals surface area contributed by atoms with Crippen molar-refractivity contribution in [2.45, 2.75) is 51.6 Å². The first-order valence-electron chi connectivity index (χ1n) is 9.82. The lowest BCUT2D eigenvalue weighted by atomic mass is 9.93. The minimum atomic E-state index is -0.974. The first-order valence-corrected chi connectivity index (χ1v) is 10.6. The van der Waals surface area contributed by atoms with E-state index in [0.29, 0.717) is 23.8 Å². The van der Waals surface area contributed by atoms with Gasteiger partial charge in [0.2, 0.25) is 0 Å². The Labute approximate surface area is 172 Å². The number of aliphatic carboxylic acids is 1. The second-order valence-corrected chi connectivity index (χ2v) is 8.94. The average Bonchev–Trinajstić information content (AvgIpc) is 3.50. The van der Waals surface area contributed by atoms with Gasteiger partial charge in [0.25, 0.3) is 5.91 Å². The smallest absolute Gasteiger partial charge is 0.326 e. The predicted octanol–water partition coefficient (Wildman–Crippen LogP) is 3.84. The largest absolute Gasteiger partial charge is 0.480 e. The molecule has 1 aliphatic carbocycles. The summed E-state index contributed by atoms with van der Waals surface area (Å²) in [6, 6.07) is 6.87. The van der Waals surface area contributed by atoms with Gasteiger partial charge in [-0.25, -0.2) is 14.8 Å². The van der Waals surface area contributed by atoms with Crippen LogP contribution in [0.4, 0.5) is 0 Å². The third kappa shape index (κ3) is 3.00. The van der Waals surface area contributed by atoms with Crippen LogP contribution in [-0.4, -0.2) is 37.9 Å². The van der Waals surface area contributed by atoms with Crippen LogP contribution in [0, 0.1) is 13.8 Å². The lowest BCUT2D eigenvalue weighted by molar-refractivity contribution is -0.142. The number of carboxylic acid groups (broad SMARTS) is 1. The van der Waals surface area contributed by atoms with Crippen molar-refractivity contribution in [3.8, 4) is 0 Å². The highest BCUT2D eigenvalue weighted by Gasteiger charge is 2.36. The average molecular weight is 407 g/mol. The monoisotopic (exact) mass is 407 g/mol. The molecule has 1 aliphatic heterocycles. The zero-order valence-corrected chi connectivity index (χ0v) is 17.1. The number of aryl methyl sites for hydroxylation is 2. The molecule has 3 aromatic rings. The van der Waals surface area contributed by atoms with Crippen LogP contribution in [-0.2, 0) is 17.8 Å². The summed E-state index contributed by atoms with van der Waals surface area (Å²) in [5.41, 5.74) is 3.73. The summed E-state index contributed by atoms with van der Waals surface area (Å²) in [5, 5.41) is 10.7. The van der Waals surface area contributed by atoms with E-state index in [0.717, 1.165) is 51.3 Å². The molecule has 0 bridgehead atoms. The SMILES string of the molecule is Cc1nc(C2CC2)nc2sc(C(=O)N3Cc4ccccc4CC3C(=O)O)c(C)c12. The van der Waals surface area contributed by atoms with Crippen LogP contribution in [0.25, 0.3) is 10.2 Å². The number of fused-ring (bicyclic) bond motifs is 2. The van der Waals surface area contributed by atoms with E-state index in [9.17, 15) is 14.7 Å². The standard InChI is InChI=1S/C22H21N3O3S/c1-11-17-12(2)23-19(13-7-8-13)24-20(17)29-18(11)21(26)25-10-15-6-4-3-5-14(15)9-16(25)22(27)28/h3-6,13,16H,7-10H2,1-2H3,(H,27,28). The van der Waals surface area contributed by atoms with Gasteiger partial charge in [0.15, 0.2) is 0 Å². The number of thiophene rings is 1. The van der Waals surface area contributed by atoms with E-state index in [4.69, 9.17) is 4.98 Å². The molecule has 3 heterocycles. The van der Waals surface area contributed by atoms with Crippen molar-refractivity contribution in [3.05, 3.63) is 57.4 Å². The highest BCUT2D eigenvalue weighted by atomic mass is 32.1. The molecule has 0 radical (unpaired) electrons. The summed E-state index contributed by atoms with van der Waals surface area (Å²) in [6.45, 7) is 4.17. The molecule has 2 aromatic heterocycles. The summed E-state index contributed by atoms with van der Waals surface area (Å²) < 4.78 is 0.